The quantitative estimate of drug-likeness (QED) is 0.450. The lowest BCUT2D eigenvalue weighted by Crippen LogP contribution is -2.20. The molecule has 4 N–H and O–H groups in total. The van der Waals surface area contributed by atoms with Gasteiger partial charge >= 0.3 is 0 Å². The Morgan fingerprint density at radius 1 is 1.00 bits per heavy atom. The summed E-state index contributed by atoms with van der Waals surface area (Å²) in [5.74, 6) is -0.0233. The van der Waals surface area contributed by atoms with E-state index in [1.807, 2.05) is 24.3 Å². The number of hydrogen-bond acceptors (Lipinski definition) is 5. The van der Waals surface area contributed by atoms with E-state index in [0.29, 0.717) is 21.8 Å². The Labute approximate surface area is 194 Å². The molecule has 1 amide bonds. The predicted octanol–water partition coefficient (Wildman–Crippen LogP) is 4.75. The summed E-state index contributed by atoms with van der Waals surface area (Å²) in [6.45, 7) is 0. The molecule has 0 aliphatic heterocycles. The second-order valence-corrected chi connectivity index (χ2v) is 8.88. The van der Waals surface area contributed by atoms with Crippen LogP contribution < -0.4 is 16.0 Å². The number of anilines is 2. The van der Waals surface area contributed by atoms with Gasteiger partial charge in [0.2, 0.25) is 5.91 Å². The van der Waals surface area contributed by atoms with Gasteiger partial charge in [-0.3, -0.25) is 10.5 Å². The Balaban J connectivity index is 1.90. The Morgan fingerprint density at radius 3 is 2.13 bits per heavy atom. The lowest BCUT2D eigenvalue weighted by Gasteiger charge is -2.10. The van der Waals surface area contributed by atoms with Crippen LogP contribution in [-0.2, 0) is 4.79 Å². The number of nitriles is 2. The van der Waals surface area contributed by atoms with Crippen LogP contribution in [0.2, 0.25) is 0 Å². The van der Waals surface area contributed by atoms with Crippen LogP contribution in [-0.4, -0.2) is 11.7 Å². The summed E-state index contributed by atoms with van der Waals surface area (Å²) in [5.41, 5.74) is 8.31. The van der Waals surface area contributed by atoms with Crippen molar-refractivity contribution in [3.63, 3.8) is 0 Å². The molecule has 0 atom stereocenters. The van der Waals surface area contributed by atoms with Gasteiger partial charge in [-0.1, -0.05) is 55.8 Å². The number of amides is 1. The molecule has 0 aliphatic carbocycles. The largest absolute Gasteiger partial charge is 0.325 e. The summed E-state index contributed by atoms with van der Waals surface area (Å²) in [7, 11) is 0. The van der Waals surface area contributed by atoms with Gasteiger partial charge < -0.3 is 5.32 Å². The van der Waals surface area contributed by atoms with Gasteiger partial charge in [-0.15, -0.1) is 0 Å². The van der Waals surface area contributed by atoms with Crippen LogP contribution in [0.15, 0.2) is 62.5 Å². The number of hydrogen-bond donors (Lipinski definition) is 2. The third-order valence-electron chi connectivity index (χ3n) is 4.08. The monoisotopic (exact) mass is 542 g/mol. The normalized spacial score (nSPS) is 10.1. The number of nitrogens with one attached hydrogen (secondary N) is 2. The maximum atomic E-state index is 12.3. The minimum Gasteiger partial charge on any atom is -0.325 e. The van der Waals surface area contributed by atoms with E-state index in [4.69, 9.17) is 5.73 Å². The van der Waals surface area contributed by atoms with E-state index < -0.39 is 0 Å². The summed E-state index contributed by atoms with van der Waals surface area (Å²) >= 11 is 7.88. The summed E-state index contributed by atoms with van der Waals surface area (Å²) in [6, 6.07) is 18.7. The van der Waals surface area contributed by atoms with Crippen LogP contribution in [0.1, 0.15) is 11.1 Å². The molecule has 148 valence electrons. The van der Waals surface area contributed by atoms with Crippen LogP contribution >= 0.6 is 43.6 Å². The minimum atomic E-state index is -0.229. The highest BCUT2D eigenvalue weighted by atomic mass is 79.9. The first-order valence-corrected chi connectivity index (χ1v) is 11.1. The zero-order valence-electron chi connectivity index (χ0n) is 15.4. The number of nitrogens with zero attached hydrogens (tertiary/aromatic N) is 2. The average molecular weight is 544 g/mol. The van der Waals surface area contributed by atoms with Gasteiger partial charge in [-0.2, -0.15) is 10.5 Å². The molecule has 0 saturated carbocycles. The van der Waals surface area contributed by atoms with Crippen molar-refractivity contribution in [1.29, 1.82) is 10.5 Å². The van der Waals surface area contributed by atoms with Gasteiger partial charge in [0.15, 0.2) is 5.03 Å². The lowest BCUT2D eigenvalue weighted by atomic mass is 9.97. The molecule has 3 aromatic rings. The number of aromatic nitrogens is 1. The van der Waals surface area contributed by atoms with E-state index in [1.54, 1.807) is 24.3 Å². The van der Waals surface area contributed by atoms with Crippen molar-refractivity contribution in [3.05, 3.63) is 68.6 Å². The van der Waals surface area contributed by atoms with E-state index in [1.165, 1.54) is 0 Å². The molecular weight excluding hydrogens is 530 g/mol. The molecule has 6 nitrogen and oxygen atoms in total. The van der Waals surface area contributed by atoms with E-state index in [-0.39, 0.29) is 28.6 Å². The molecule has 0 bridgehead atoms. The number of halogens is 2. The van der Waals surface area contributed by atoms with Crippen molar-refractivity contribution in [2.24, 2.45) is 0 Å². The van der Waals surface area contributed by atoms with Gasteiger partial charge in [0, 0.05) is 20.2 Å². The van der Waals surface area contributed by atoms with Crippen molar-refractivity contribution in [1.82, 2.24) is 0 Å². The fraction of sp³-hybridized carbons (Fsp3) is 0.0476. The number of pyridine rings is 1. The SMILES string of the molecule is N#Cc1c(N)[nH+]c(SCC(=O)Nc2ccc(Br)cc2)c(C#N)c1-c1ccc(Br)cc1. The van der Waals surface area contributed by atoms with Crippen molar-refractivity contribution in [2.75, 3.05) is 16.8 Å². The number of carbonyl (C=O) groups is 1. The second kappa shape index (κ2) is 9.77. The molecule has 2 aromatic carbocycles. The first-order chi connectivity index (χ1) is 14.4. The number of rotatable bonds is 5. The molecule has 0 saturated heterocycles. The summed E-state index contributed by atoms with van der Waals surface area (Å²) in [5, 5.41) is 22.6. The van der Waals surface area contributed by atoms with Crippen LogP contribution in [0, 0.1) is 22.7 Å². The van der Waals surface area contributed by atoms with E-state index >= 15 is 0 Å². The smallest absolute Gasteiger partial charge is 0.289 e. The van der Waals surface area contributed by atoms with Gasteiger partial charge in [0.25, 0.3) is 5.82 Å². The van der Waals surface area contributed by atoms with Gasteiger partial charge in [0.05, 0.1) is 5.75 Å². The van der Waals surface area contributed by atoms with Crippen LogP contribution in [0.3, 0.4) is 0 Å². The average Bonchev–Trinajstić information content (AvgIpc) is 2.74. The maximum Gasteiger partial charge on any atom is 0.289 e. The second-order valence-electron chi connectivity index (χ2n) is 6.07. The minimum absolute atomic E-state index is 0.0619. The Morgan fingerprint density at radius 2 is 1.57 bits per heavy atom. The molecule has 0 unspecified atom stereocenters. The van der Waals surface area contributed by atoms with E-state index in [9.17, 15) is 15.3 Å². The molecule has 9 heteroatoms. The zero-order valence-corrected chi connectivity index (χ0v) is 19.4. The molecular formula is C21H14Br2N5OS+. The van der Waals surface area contributed by atoms with Crippen LogP contribution in [0.25, 0.3) is 11.1 Å². The molecule has 0 spiro atoms. The third-order valence-corrected chi connectivity index (χ3v) is 6.14. The number of thioether (sulfide) groups is 1. The van der Waals surface area contributed by atoms with Gasteiger partial charge in [-0.05, 0) is 42.0 Å². The van der Waals surface area contributed by atoms with Crippen LogP contribution in [0.4, 0.5) is 11.5 Å². The van der Waals surface area contributed by atoms with Crippen molar-refractivity contribution in [3.8, 4) is 23.3 Å². The zero-order chi connectivity index (χ0) is 21.7. The number of aromatic amines is 1. The number of carbonyl (C=O) groups excluding carboxylic acids is 1. The molecule has 0 fully saturated rings. The predicted molar refractivity (Wildman–Crippen MR) is 123 cm³/mol. The van der Waals surface area contributed by atoms with E-state index in [2.05, 4.69) is 54.3 Å². The Bertz CT molecular complexity index is 1180. The van der Waals surface area contributed by atoms with Crippen molar-refractivity contribution < 1.29 is 9.78 Å². The molecule has 0 radical (unpaired) electrons. The van der Waals surface area contributed by atoms with Crippen LogP contribution in [0.5, 0.6) is 0 Å². The molecule has 1 heterocycles. The standard InChI is InChI=1S/C21H13Br2N5OS/c22-13-3-1-12(2-4-13)19-16(9-24)20(26)28-21(17(19)10-25)30-11-18(29)27-15-7-5-14(23)6-8-15/h1-8H,11H2,(H2,26,28)(H,27,29)/p+1. The highest BCUT2D eigenvalue weighted by Gasteiger charge is 2.24. The maximum absolute atomic E-state index is 12.3. The molecule has 3 rings (SSSR count). The lowest BCUT2D eigenvalue weighted by molar-refractivity contribution is -0.410. The van der Waals surface area contributed by atoms with Crippen molar-refractivity contribution >= 4 is 61.0 Å². The number of benzene rings is 2. The summed E-state index contributed by atoms with van der Waals surface area (Å²) in [4.78, 5) is 15.2. The van der Waals surface area contributed by atoms with Gasteiger partial charge in [0.1, 0.15) is 23.3 Å². The molecule has 30 heavy (non-hydrogen) atoms. The van der Waals surface area contributed by atoms with Crippen molar-refractivity contribution in [2.45, 2.75) is 5.03 Å². The summed E-state index contributed by atoms with van der Waals surface area (Å²) in [6.07, 6.45) is 0. The van der Waals surface area contributed by atoms with E-state index in [0.717, 1.165) is 20.7 Å². The molecule has 0 aliphatic rings. The number of nitrogens with two attached hydrogens (primary N) is 1. The number of H-pyrrole nitrogens is 1. The number of nitrogen functional groups attached to an aromatic ring is 1. The van der Waals surface area contributed by atoms with Gasteiger partial charge in [-0.25, -0.2) is 4.98 Å². The molecule has 1 aromatic heterocycles. The summed E-state index contributed by atoms with van der Waals surface area (Å²) < 4.78 is 1.79. The highest BCUT2D eigenvalue weighted by Crippen LogP contribution is 2.34. The first kappa shape index (κ1) is 21.8. The fourth-order valence-corrected chi connectivity index (χ4v) is 4.08. The Hall–Kier alpha value is -2.85. The topological polar surface area (TPSA) is 117 Å². The first-order valence-electron chi connectivity index (χ1n) is 8.56. The fourth-order valence-electron chi connectivity index (χ4n) is 2.72. The third kappa shape index (κ3) is 5.00. The Kier molecular flexibility index (Phi) is 7.11. The highest BCUT2D eigenvalue weighted by molar-refractivity contribution is 9.10.